The molecular formula is C25H31N5O3. The quantitative estimate of drug-likeness (QED) is 0.718. The number of aromatic nitrogens is 1. The molecule has 1 aromatic carbocycles. The molecule has 0 spiro atoms. The molecule has 174 valence electrons. The largest absolute Gasteiger partial charge is 0.464 e. The lowest BCUT2D eigenvalue weighted by Gasteiger charge is -2.36. The van der Waals surface area contributed by atoms with Crippen LogP contribution >= 0.6 is 0 Å². The predicted molar refractivity (Wildman–Crippen MR) is 126 cm³/mol. The summed E-state index contributed by atoms with van der Waals surface area (Å²) < 4.78 is 6.44. The van der Waals surface area contributed by atoms with Crippen molar-refractivity contribution < 1.29 is 14.3 Å². The maximum atomic E-state index is 13.1. The predicted octanol–water partition coefficient (Wildman–Crippen LogP) is 3.34. The van der Waals surface area contributed by atoms with Gasteiger partial charge in [-0.05, 0) is 49.9 Å². The van der Waals surface area contributed by atoms with Crippen molar-refractivity contribution >= 4 is 23.3 Å². The van der Waals surface area contributed by atoms with Crippen LogP contribution < -0.4 is 10.6 Å². The van der Waals surface area contributed by atoms with Gasteiger partial charge < -0.3 is 24.8 Å². The van der Waals surface area contributed by atoms with E-state index in [-0.39, 0.29) is 22.9 Å². The van der Waals surface area contributed by atoms with E-state index in [1.54, 1.807) is 10.8 Å². The minimum absolute atomic E-state index is 0.0323. The lowest BCUT2D eigenvalue weighted by Crippen LogP contribution is -2.45. The summed E-state index contributed by atoms with van der Waals surface area (Å²) in [5.41, 5.74) is 8.23. The molecule has 0 saturated carbocycles. The molecule has 0 bridgehead atoms. The summed E-state index contributed by atoms with van der Waals surface area (Å²) in [6.07, 6.45) is 8.11. The van der Waals surface area contributed by atoms with Gasteiger partial charge in [-0.3, -0.25) is 4.79 Å². The fourth-order valence-corrected chi connectivity index (χ4v) is 4.90. The van der Waals surface area contributed by atoms with Gasteiger partial charge in [0.1, 0.15) is 6.07 Å². The topological polar surface area (TPSA) is 105 Å². The molecule has 4 rings (SSSR count). The number of carbonyl (C=O) groups excluding carboxylic acids is 2. The van der Waals surface area contributed by atoms with Crippen LogP contribution in [0.1, 0.15) is 54.6 Å². The van der Waals surface area contributed by atoms with E-state index in [0.717, 1.165) is 57.5 Å². The van der Waals surface area contributed by atoms with Gasteiger partial charge in [-0.15, -0.1) is 0 Å². The number of esters is 1. The Labute approximate surface area is 194 Å². The molecule has 2 N–H and O–H groups in total. The number of ether oxygens (including phenoxy) is 1. The van der Waals surface area contributed by atoms with Crippen molar-refractivity contribution in [3.05, 3.63) is 41.7 Å². The zero-order valence-electron chi connectivity index (χ0n) is 19.1. The lowest BCUT2D eigenvalue weighted by molar-refractivity contribution is -0.135. The average molecular weight is 450 g/mol. The first-order valence-electron chi connectivity index (χ1n) is 11.7. The number of rotatable bonds is 4. The Hall–Kier alpha value is -3.47. The number of piperidine rings is 1. The number of hydrogen-bond donors (Lipinski definition) is 1. The van der Waals surface area contributed by atoms with E-state index < -0.39 is 5.97 Å². The van der Waals surface area contributed by atoms with Crippen LogP contribution in [0.25, 0.3) is 5.69 Å². The number of likely N-dealkylation sites (tertiary alicyclic amines) is 1. The highest BCUT2D eigenvalue weighted by atomic mass is 16.5. The van der Waals surface area contributed by atoms with Crippen LogP contribution in [0.2, 0.25) is 0 Å². The van der Waals surface area contributed by atoms with Crippen LogP contribution in [0.4, 0.5) is 11.4 Å². The number of nitrogens with two attached hydrogens (primary N) is 1. The number of benzene rings is 1. The molecular weight excluding hydrogens is 418 g/mol. The van der Waals surface area contributed by atoms with Crippen LogP contribution in [0.15, 0.2) is 30.5 Å². The summed E-state index contributed by atoms with van der Waals surface area (Å²) in [7, 11) is 1.29. The van der Waals surface area contributed by atoms with Gasteiger partial charge in [0.15, 0.2) is 5.69 Å². The number of anilines is 2. The van der Waals surface area contributed by atoms with Gasteiger partial charge in [0.2, 0.25) is 5.91 Å². The third kappa shape index (κ3) is 4.68. The summed E-state index contributed by atoms with van der Waals surface area (Å²) in [5, 5.41) is 9.32. The Morgan fingerprint density at radius 1 is 1.03 bits per heavy atom. The minimum atomic E-state index is -0.594. The second kappa shape index (κ2) is 9.99. The van der Waals surface area contributed by atoms with Crippen molar-refractivity contribution in [3.8, 4) is 11.8 Å². The van der Waals surface area contributed by atoms with E-state index in [1.807, 2.05) is 30.3 Å². The van der Waals surface area contributed by atoms with Crippen molar-refractivity contribution in [2.24, 2.45) is 5.92 Å². The molecule has 2 aliphatic heterocycles. The number of amides is 1. The molecule has 8 heteroatoms. The molecule has 0 aliphatic carbocycles. The first-order chi connectivity index (χ1) is 16.0. The van der Waals surface area contributed by atoms with E-state index >= 15 is 0 Å². The zero-order chi connectivity index (χ0) is 23.4. The summed E-state index contributed by atoms with van der Waals surface area (Å²) in [5.74, 6) is -0.262. The monoisotopic (exact) mass is 449 g/mol. The minimum Gasteiger partial charge on any atom is -0.464 e. The van der Waals surface area contributed by atoms with E-state index in [4.69, 9.17) is 10.5 Å². The van der Waals surface area contributed by atoms with E-state index in [2.05, 4.69) is 9.80 Å². The molecule has 1 atom stereocenters. The van der Waals surface area contributed by atoms with Crippen molar-refractivity contribution in [1.82, 2.24) is 9.47 Å². The standard InChI is InChI=1S/C25H31N5O3/c1-33-25(32)23-22(27)19(15-26)17-30(23)21-10-8-20(9-11-21)29-14-6-7-18(16-29)24(31)28-12-4-2-3-5-13-28/h8-11,17-18H,2-7,12-14,16,27H2,1H3. The lowest BCUT2D eigenvalue weighted by atomic mass is 9.95. The third-order valence-corrected chi connectivity index (χ3v) is 6.72. The fourth-order valence-electron chi connectivity index (χ4n) is 4.90. The normalized spacial score (nSPS) is 19.0. The van der Waals surface area contributed by atoms with Crippen LogP contribution in [0.3, 0.4) is 0 Å². The van der Waals surface area contributed by atoms with Crippen molar-refractivity contribution in [1.29, 1.82) is 5.26 Å². The Kier molecular flexibility index (Phi) is 6.87. The molecule has 33 heavy (non-hydrogen) atoms. The van der Waals surface area contributed by atoms with Gasteiger partial charge in [-0.25, -0.2) is 4.79 Å². The molecule has 2 aliphatic rings. The van der Waals surface area contributed by atoms with Gasteiger partial charge in [-0.1, -0.05) is 12.8 Å². The van der Waals surface area contributed by atoms with Crippen molar-refractivity contribution in [3.63, 3.8) is 0 Å². The van der Waals surface area contributed by atoms with Crippen LogP contribution in [0, 0.1) is 17.2 Å². The smallest absolute Gasteiger partial charge is 0.357 e. The van der Waals surface area contributed by atoms with Gasteiger partial charge in [0.25, 0.3) is 0 Å². The molecule has 0 radical (unpaired) electrons. The highest BCUT2D eigenvalue weighted by Gasteiger charge is 2.30. The first-order valence-corrected chi connectivity index (χ1v) is 11.7. The molecule has 1 unspecified atom stereocenters. The van der Waals surface area contributed by atoms with Crippen LogP contribution in [-0.4, -0.2) is 54.6 Å². The number of methoxy groups -OCH3 is 1. The van der Waals surface area contributed by atoms with Gasteiger partial charge in [0, 0.05) is 43.8 Å². The second-order valence-corrected chi connectivity index (χ2v) is 8.82. The molecule has 1 aromatic heterocycles. The van der Waals surface area contributed by atoms with Crippen LogP contribution in [-0.2, 0) is 9.53 Å². The molecule has 1 amide bonds. The van der Waals surface area contributed by atoms with E-state index in [9.17, 15) is 14.9 Å². The Balaban J connectivity index is 1.51. The second-order valence-electron chi connectivity index (χ2n) is 8.82. The number of hydrogen-bond acceptors (Lipinski definition) is 6. The highest BCUT2D eigenvalue weighted by Crippen LogP contribution is 2.29. The van der Waals surface area contributed by atoms with Crippen LogP contribution in [0.5, 0.6) is 0 Å². The first kappa shape index (κ1) is 22.7. The third-order valence-electron chi connectivity index (χ3n) is 6.72. The number of nitrogens with zero attached hydrogens (tertiary/aromatic N) is 4. The fraction of sp³-hybridized carbons (Fsp3) is 0.480. The maximum Gasteiger partial charge on any atom is 0.357 e. The molecule has 2 aromatic rings. The van der Waals surface area contributed by atoms with Crippen molar-refractivity contribution in [2.45, 2.75) is 38.5 Å². The maximum absolute atomic E-state index is 13.1. The molecule has 8 nitrogen and oxygen atoms in total. The van der Waals surface area contributed by atoms with Crippen molar-refractivity contribution in [2.75, 3.05) is 43.9 Å². The SMILES string of the molecule is COC(=O)c1c(N)c(C#N)cn1-c1ccc(N2CCCC(C(=O)N3CCCCCC3)C2)cc1. The summed E-state index contributed by atoms with van der Waals surface area (Å²) in [6.45, 7) is 3.40. The van der Waals surface area contributed by atoms with Gasteiger partial charge in [0.05, 0.1) is 24.3 Å². The van der Waals surface area contributed by atoms with E-state index in [1.165, 1.54) is 20.0 Å². The number of carbonyl (C=O) groups is 2. The number of nitriles is 1. The zero-order valence-corrected chi connectivity index (χ0v) is 19.1. The van der Waals surface area contributed by atoms with Gasteiger partial charge >= 0.3 is 5.97 Å². The highest BCUT2D eigenvalue weighted by molar-refractivity contribution is 5.96. The van der Waals surface area contributed by atoms with E-state index in [0.29, 0.717) is 11.6 Å². The Morgan fingerprint density at radius 2 is 1.70 bits per heavy atom. The summed E-state index contributed by atoms with van der Waals surface area (Å²) in [4.78, 5) is 29.7. The molecule has 2 saturated heterocycles. The Bertz CT molecular complexity index is 1050. The average Bonchev–Trinajstić information content (AvgIpc) is 3.01. The summed E-state index contributed by atoms with van der Waals surface area (Å²) >= 11 is 0. The molecule has 3 heterocycles. The van der Waals surface area contributed by atoms with Gasteiger partial charge in [-0.2, -0.15) is 5.26 Å². The Morgan fingerprint density at radius 3 is 2.33 bits per heavy atom. The summed E-state index contributed by atoms with van der Waals surface area (Å²) in [6, 6.07) is 9.77. The number of nitrogen functional groups attached to an aromatic ring is 1. The molecule has 2 fully saturated rings.